The highest BCUT2D eigenvalue weighted by Gasteiger charge is 2.24. The van der Waals surface area contributed by atoms with Crippen LogP contribution in [0.1, 0.15) is 39.2 Å². The minimum Gasteiger partial charge on any atom is -0.437 e. The molecule has 0 atom stereocenters. The van der Waals surface area contributed by atoms with Crippen molar-refractivity contribution in [2.24, 2.45) is 10.7 Å². The lowest BCUT2D eigenvalue weighted by Crippen LogP contribution is -2.15. The molecule has 130 valence electrons. The third kappa shape index (κ3) is 2.90. The number of thiophene rings is 1. The number of hydrogen-bond acceptors (Lipinski definition) is 5. The van der Waals surface area contributed by atoms with Gasteiger partial charge in [0.1, 0.15) is 22.2 Å². The van der Waals surface area contributed by atoms with Crippen molar-refractivity contribution in [2.75, 3.05) is 0 Å². The molecule has 0 saturated heterocycles. The molecule has 1 aliphatic carbocycles. The summed E-state index contributed by atoms with van der Waals surface area (Å²) in [5, 5.41) is 11.3. The molecule has 0 radical (unpaired) electrons. The zero-order chi connectivity index (χ0) is 18.3. The summed E-state index contributed by atoms with van der Waals surface area (Å²) in [6.45, 7) is 0. The Balaban J connectivity index is 1.97. The number of nitrogens with zero attached hydrogens (tertiary/aromatic N) is 2. The SMILES string of the molecule is N#Cc1cc2cc(Cl)ccc2o/c1=N\c1sc2c(c1C(N)=O)CCCC2. The smallest absolute Gasteiger partial charge is 0.252 e. The number of hydrogen-bond donors (Lipinski definition) is 1. The molecule has 1 aromatic carbocycles. The first-order valence-electron chi connectivity index (χ1n) is 8.19. The van der Waals surface area contributed by atoms with E-state index in [1.807, 2.05) is 0 Å². The molecule has 7 heteroatoms. The molecule has 4 rings (SSSR count). The van der Waals surface area contributed by atoms with Crippen LogP contribution in [0.4, 0.5) is 5.00 Å². The number of fused-ring (bicyclic) bond motifs is 2. The van der Waals surface area contributed by atoms with E-state index in [0.29, 0.717) is 26.6 Å². The maximum atomic E-state index is 12.0. The van der Waals surface area contributed by atoms with Crippen LogP contribution in [0.2, 0.25) is 5.02 Å². The zero-order valence-electron chi connectivity index (χ0n) is 13.7. The lowest BCUT2D eigenvalue weighted by atomic mass is 9.95. The van der Waals surface area contributed by atoms with Gasteiger partial charge in [-0.2, -0.15) is 5.26 Å². The van der Waals surface area contributed by atoms with E-state index in [9.17, 15) is 10.1 Å². The number of nitrogens with two attached hydrogens (primary N) is 1. The summed E-state index contributed by atoms with van der Waals surface area (Å²) in [7, 11) is 0. The summed E-state index contributed by atoms with van der Waals surface area (Å²) in [6, 6.07) is 8.94. The van der Waals surface area contributed by atoms with Gasteiger partial charge in [-0.3, -0.25) is 4.79 Å². The second-order valence-electron chi connectivity index (χ2n) is 6.13. The summed E-state index contributed by atoms with van der Waals surface area (Å²) in [5.74, 6) is -0.491. The number of primary amides is 1. The number of nitriles is 1. The van der Waals surface area contributed by atoms with Crippen molar-refractivity contribution in [3.05, 3.63) is 56.4 Å². The molecule has 2 heterocycles. The van der Waals surface area contributed by atoms with Gasteiger partial charge in [-0.1, -0.05) is 11.6 Å². The van der Waals surface area contributed by atoms with E-state index in [1.165, 1.54) is 11.3 Å². The number of rotatable bonds is 2. The second kappa shape index (κ2) is 6.60. The fourth-order valence-electron chi connectivity index (χ4n) is 3.24. The molecule has 0 saturated carbocycles. The molecule has 0 aliphatic heterocycles. The molecule has 1 amide bonds. The van der Waals surface area contributed by atoms with Gasteiger partial charge in [0.15, 0.2) is 0 Å². The molecule has 0 spiro atoms. The summed E-state index contributed by atoms with van der Waals surface area (Å²) < 4.78 is 5.82. The highest BCUT2D eigenvalue weighted by Crippen LogP contribution is 2.39. The van der Waals surface area contributed by atoms with Gasteiger partial charge in [0.05, 0.1) is 5.56 Å². The van der Waals surface area contributed by atoms with E-state index in [0.717, 1.165) is 36.1 Å². The fourth-order valence-corrected chi connectivity index (χ4v) is 4.68. The zero-order valence-corrected chi connectivity index (χ0v) is 15.3. The van der Waals surface area contributed by atoms with Crippen molar-refractivity contribution in [3.8, 4) is 6.07 Å². The average Bonchev–Trinajstić information content (AvgIpc) is 2.99. The van der Waals surface area contributed by atoms with Crippen LogP contribution < -0.4 is 11.3 Å². The van der Waals surface area contributed by atoms with Crippen LogP contribution in [0, 0.1) is 11.3 Å². The van der Waals surface area contributed by atoms with E-state index >= 15 is 0 Å². The molecule has 26 heavy (non-hydrogen) atoms. The topological polar surface area (TPSA) is 92.4 Å². The predicted molar refractivity (Wildman–Crippen MR) is 101 cm³/mol. The van der Waals surface area contributed by atoms with Crippen LogP contribution in [0.5, 0.6) is 0 Å². The van der Waals surface area contributed by atoms with Crippen molar-refractivity contribution >= 4 is 44.8 Å². The highest BCUT2D eigenvalue weighted by atomic mass is 35.5. The Bertz CT molecular complexity index is 1150. The molecule has 3 aromatic rings. The quantitative estimate of drug-likeness (QED) is 0.717. The molecule has 5 nitrogen and oxygen atoms in total. The molecule has 0 fully saturated rings. The van der Waals surface area contributed by atoms with E-state index in [4.69, 9.17) is 21.8 Å². The normalized spacial score (nSPS) is 14.2. The minimum atomic E-state index is -0.491. The average molecular weight is 384 g/mol. The molecule has 1 aliphatic rings. The lowest BCUT2D eigenvalue weighted by Gasteiger charge is -2.10. The Morgan fingerprint density at radius 3 is 2.88 bits per heavy atom. The molecular formula is C19H14ClN3O2S. The first-order chi connectivity index (χ1) is 12.6. The Morgan fingerprint density at radius 2 is 2.12 bits per heavy atom. The number of halogens is 1. The van der Waals surface area contributed by atoms with Crippen molar-refractivity contribution in [2.45, 2.75) is 25.7 Å². The standard InChI is InChI=1S/C19H14ClN3O2S/c20-12-5-6-14-10(8-12)7-11(9-21)18(25-14)23-19-16(17(22)24)13-3-1-2-4-15(13)26-19/h5-8H,1-4H2,(H2,22,24)/b23-18-. The number of amides is 1. The first kappa shape index (κ1) is 16.8. The third-order valence-electron chi connectivity index (χ3n) is 4.43. The van der Waals surface area contributed by atoms with Crippen molar-refractivity contribution in [3.63, 3.8) is 0 Å². The Kier molecular flexibility index (Phi) is 4.27. The molecule has 2 N–H and O–H groups in total. The van der Waals surface area contributed by atoms with Gasteiger partial charge in [0, 0.05) is 15.3 Å². The number of benzene rings is 1. The van der Waals surface area contributed by atoms with E-state index in [1.54, 1.807) is 24.3 Å². The van der Waals surface area contributed by atoms with Crippen LogP contribution in [-0.4, -0.2) is 5.91 Å². The molecular weight excluding hydrogens is 370 g/mol. The van der Waals surface area contributed by atoms with Crippen molar-refractivity contribution in [1.29, 1.82) is 5.26 Å². The van der Waals surface area contributed by atoms with Gasteiger partial charge in [0.25, 0.3) is 5.91 Å². The van der Waals surface area contributed by atoms with Gasteiger partial charge < -0.3 is 10.2 Å². The minimum absolute atomic E-state index is 0.170. The van der Waals surface area contributed by atoms with Gasteiger partial charge in [0.2, 0.25) is 5.55 Å². The van der Waals surface area contributed by atoms with Crippen LogP contribution >= 0.6 is 22.9 Å². The van der Waals surface area contributed by atoms with E-state index in [2.05, 4.69) is 11.1 Å². The van der Waals surface area contributed by atoms with Gasteiger partial charge >= 0.3 is 0 Å². The van der Waals surface area contributed by atoms with Crippen LogP contribution in [0.15, 0.2) is 33.7 Å². The third-order valence-corrected chi connectivity index (χ3v) is 5.85. The summed E-state index contributed by atoms with van der Waals surface area (Å²) >= 11 is 7.45. The second-order valence-corrected chi connectivity index (χ2v) is 7.65. The maximum Gasteiger partial charge on any atom is 0.252 e. The summed E-state index contributed by atoms with van der Waals surface area (Å²) in [5.41, 5.74) is 8.08. The van der Waals surface area contributed by atoms with Crippen molar-refractivity contribution < 1.29 is 9.21 Å². The fraction of sp³-hybridized carbons (Fsp3) is 0.211. The number of carbonyl (C=O) groups is 1. The van der Waals surface area contributed by atoms with Gasteiger partial charge in [-0.25, -0.2) is 4.99 Å². The molecule has 0 unspecified atom stereocenters. The molecule has 2 aromatic heterocycles. The Hall–Kier alpha value is -2.62. The van der Waals surface area contributed by atoms with Crippen molar-refractivity contribution in [1.82, 2.24) is 0 Å². The Labute approximate surface area is 158 Å². The molecule has 0 bridgehead atoms. The first-order valence-corrected chi connectivity index (χ1v) is 9.39. The number of aryl methyl sites for hydroxylation is 1. The van der Waals surface area contributed by atoms with E-state index < -0.39 is 5.91 Å². The number of carbonyl (C=O) groups excluding carboxylic acids is 1. The van der Waals surface area contributed by atoms with Gasteiger partial charge in [-0.05, 0) is 55.5 Å². The lowest BCUT2D eigenvalue weighted by molar-refractivity contribution is 0.1000. The van der Waals surface area contributed by atoms with E-state index in [-0.39, 0.29) is 11.1 Å². The van der Waals surface area contributed by atoms with Gasteiger partial charge in [-0.15, -0.1) is 11.3 Å². The summed E-state index contributed by atoms with van der Waals surface area (Å²) in [6.07, 6.45) is 3.89. The largest absolute Gasteiger partial charge is 0.437 e. The Morgan fingerprint density at radius 1 is 1.31 bits per heavy atom. The predicted octanol–water partition coefficient (Wildman–Crippen LogP) is 4.23. The van der Waals surface area contributed by atoms with Crippen LogP contribution in [0.3, 0.4) is 0 Å². The van der Waals surface area contributed by atoms with Crippen LogP contribution in [-0.2, 0) is 12.8 Å². The highest BCUT2D eigenvalue weighted by molar-refractivity contribution is 7.16. The maximum absolute atomic E-state index is 12.0. The van der Waals surface area contributed by atoms with Crippen LogP contribution in [0.25, 0.3) is 11.0 Å². The summed E-state index contributed by atoms with van der Waals surface area (Å²) in [4.78, 5) is 17.7. The monoisotopic (exact) mass is 383 g/mol.